The summed E-state index contributed by atoms with van der Waals surface area (Å²) in [6.45, 7) is 1.88. The highest BCUT2D eigenvalue weighted by Gasteiger charge is 2.65. The molecule has 2 heterocycles. The number of amides is 3. The van der Waals surface area contributed by atoms with E-state index in [9.17, 15) is 29.1 Å². The first-order valence-electron chi connectivity index (χ1n) is 17.0. The minimum atomic E-state index is -1.33. The van der Waals surface area contributed by atoms with Gasteiger partial charge in [-0.05, 0) is 83.9 Å². The number of likely N-dealkylation sites (tertiary alicyclic amines) is 1. The van der Waals surface area contributed by atoms with Crippen LogP contribution in [0.3, 0.4) is 0 Å². The van der Waals surface area contributed by atoms with E-state index in [2.05, 4.69) is 44.4 Å². The lowest BCUT2D eigenvalue weighted by molar-refractivity contribution is -0.147. The van der Waals surface area contributed by atoms with Crippen LogP contribution in [0.1, 0.15) is 56.6 Å². The van der Waals surface area contributed by atoms with Gasteiger partial charge in [0.15, 0.2) is 23.6 Å². The van der Waals surface area contributed by atoms with E-state index in [0.717, 1.165) is 24.9 Å². The van der Waals surface area contributed by atoms with Crippen LogP contribution in [0.5, 0.6) is 11.5 Å². The summed E-state index contributed by atoms with van der Waals surface area (Å²) >= 11 is 0. The summed E-state index contributed by atoms with van der Waals surface area (Å²) in [7, 11) is 3.57. The molecule has 0 saturated carbocycles. The number of piperidine rings is 1. The number of ether oxygens (including phenoxy) is 3. The third-order valence-corrected chi connectivity index (χ3v) is 10.6. The maximum atomic E-state index is 13.7. The van der Waals surface area contributed by atoms with Gasteiger partial charge >= 0.3 is 11.9 Å². The van der Waals surface area contributed by atoms with Crippen LogP contribution in [0, 0.1) is 17.5 Å². The van der Waals surface area contributed by atoms with Crippen molar-refractivity contribution in [3.05, 3.63) is 35.1 Å². The Kier molecular flexibility index (Phi) is 11.8. The first kappa shape index (κ1) is 37.5. The van der Waals surface area contributed by atoms with Gasteiger partial charge in [-0.1, -0.05) is 6.07 Å². The number of aliphatic carboxylic acids is 1. The summed E-state index contributed by atoms with van der Waals surface area (Å²) in [5, 5.41) is 30.0. The van der Waals surface area contributed by atoms with Crippen molar-refractivity contribution in [2.24, 2.45) is 5.92 Å². The van der Waals surface area contributed by atoms with Gasteiger partial charge < -0.3 is 50.6 Å². The second kappa shape index (κ2) is 16.1. The van der Waals surface area contributed by atoms with Gasteiger partial charge in [0.1, 0.15) is 17.8 Å². The first-order valence-corrected chi connectivity index (χ1v) is 18.1. The molecule has 7 atom stereocenters. The summed E-state index contributed by atoms with van der Waals surface area (Å²) < 4.78 is 18.3. The number of hydrogen-bond donors (Lipinski definition) is 7. The van der Waals surface area contributed by atoms with Crippen molar-refractivity contribution in [3.63, 3.8) is 0 Å². The smallest absolute Gasteiger partial charge is 0.333 e. The molecular formula is C34H46N7O9P. The minimum absolute atomic E-state index is 0.0346. The Labute approximate surface area is 297 Å². The molecule has 2 bridgehead atoms. The molecule has 0 aromatic heterocycles. The van der Waals surface area contributed by atoms with Crippen LogP contribution in [0.15, 0.2) is 24.0 Å². The van der Waals surface area contributed by atoms with Crippen molar-refractivity contribution >= 4 is 43.8 Å². The quantitative estimate of drug-likeness (QED) is 0.0431. The Bertz CT molecular complexity index is 1660. The van der Waals surface area contributed by atoms with Crippen LogP contribution in [-0.4, -0.2) is 104 Å². The van der Waals surface area contributed by atoms with Gasteiger partial charge in [-0.3, -0.25) is 24.6 Å². The molecule has 2 aliphatic heterocycles. The van der Waals surface area contributed by atoms with Crippen LogP contribution in [0.25, 0.3) is 0 Å². The highest BCUT2D eigenvalue weighted by molar-refractivity contribution is 7.24. The zero-order chi connectivity index (χ0) is 36.9. The monoisotopic (exact) mass is 727 g/mol. The first-order chi connectivity index (χ1) is 24.4. The number of guanidine groups is 1. The lowest BCUT2D eigenvalue weighted by atomic mass is 9.53. The fourth-order valence-corrected chi connectivity index (χ4v) is 8.19. The fraction of sp³-hybridized carbons (Fsp3) is 0.559. The second-order valence-electron chi connectivity index (χ2n) is 13.3. The maximum absolute atomic E-state index is 13.7. The van der Waals surface area contributed by atoms with Crippen molar-refractivity contribution in [2.45, 2.75) is 81.5 Å². The van der Waals surface area contributed by atoms with E-state index in [1.54, 1.807) is 7.11 Å². The van der Waals surface area contributed by atoms with Crippen molar-refractivity contribution in [1.29, 1.82) is 5.41 Å². The fourth-order valence-electron chi connectivity index (χ4n) is 7.95. The van der Waals surface area contributed by atoms with Crippen LogP contribution < -0.4 is 35.8 Å². The standard InChI is InChI=1S/C34H46N7O9P/c1-18(42)38-21(6-5-14-36-33(35)40-51-4)31(46)37-17-26(43)39-22(9-12-27(44)45)32(47)49-25-11-8-20-23-16-19-7-10-24(48-3)29-28(19)34(20,30(25)50-29)13-15-41(23)2/h4,7,10-11,20-23,30,51H,5-6,8-9,12-17H2,1-3H3,(H,37,46)(H,38,42)(H,39,43)(H,44,45)(H3,35,36,40)/t20-,21-,22?,23+,30-,34-/m0/s1. The number of carboxylic acid groups (broad SMARTS) is 1. The summed E-state index contributed by atoms with van der Waals surface area (Å²) in [5.74, 6) is -2.00. The Balaban J connectivity index is 1.25. The third kappa shape index (κ3) is 7.93. The minimum Gasteiger partial charge on any atom is -0.493 e. The number of methoxy groups -OCH3 is 1. The molecule has 1 aromatic rings. The number of carbonyl (C=O) groups is 5. The molecule has 1 spiro atoms. The van der Waals surface area contributed by atoms with Crippen LogP contribution >= 0.6 is 8.19 Å². The summed E-state index contributed by atoms with van der Waals surface area (Å²) in [6, 6.07) is 1.97. The maximum Gasteiger partial charge on any atom is 0.333 e. The van der Waals surface area contributed by atoms with Gasteiger partial charge in [0.05, 0.1) is 13.7 Å². The molecule has 0 radical (unpaired) electrons. The molecule has 7 N–H and O–H groups in total. The predicted molar refractivity (Wildman–Crippen MR) is 187 cm³/mol. The average molecular weight is 728 g/mol. The molecule has 3 amide bonds. The van der Waals surface area contributed by atoms with E-state index >= 15 is 0 Å². The van der Waals surface area contributed by atoms with Crippen molar-refractivity contribution < 1.29 is 43.3 Å². The van der Waals surface area contributed by atoms with Gasteiger partial charge in [-0.25, -0.2) is 4.79 Å². The average Bonchev–Trinajstić information content (AvgIpc) is 3.44. The zero-order valence-corrected chi connectivity index (χ0v) is 29.9. The predicted octanol–water partition coefficient (Wildman–Crippen LogP) is 0.448. The zero-order valence-electron chi connectivity index (χ0n) is 28.9. The Morgan fingerprint density at radius 2 is 1.96 bits per heavy atom. The van der Waals surface area contributed by atoms with Gasteiger partial charge in [-0.15, -0.1) is 6.13 Å². The third-order valence-electron chi connectivity index (χ3n) is 10.2. The molecule has 5 rings (SSSR count). The SMILES string of the molecule is C#[PH]NC(=N)NCCC[C@H](NC(C)=O)C(=O)NCC(=O)NC(CCC(=O)O)C(=O)OC1=CC[C@H]2[C@H]3Cc4ccc(OC)c5c4[C@@]2(CCN3C)[C@H]1O5. The van der Waals surface area contributed by atoms with Crippen LogP contribution in [0.4, 0.5) is 0 Å². The topological polar surface area (TPSA) is 221 Å². The number of rotatable bonds is 15. The summed E-state index contributed by atoms with van der Waals surface area (Å²) in [4.78, 5) is 65.3. The molecule has 1 fully saturated rings. The molecule has 4 aliphatic rings. The Morgan fingerprint density at radius 3 is 2.67 bits per heavy atom. The number of nitrogens with one attached hydrogen (secondary N) is 6. The number of esters is 1. The largest absolute Gasteiger partial charge is 0.493 e. The number of likely N-dealkylation sites (N-methyl/N-ethyl adjacent to an activating group) is 1. The van der Waals surface area contributed by atoms with Gasteiger partial charge in [0.25, 0.3) is 0 Å². The van der Waals surface area contributed by atoms with Crippen LogP contribution in [-0.2, 0) is 40.5 Å². The number of nitrogens with zero attached hydrogens (tertiary/aromatic N) is 1. The molecule has 1 saturated heterocycles. The molecule has 17 heteroatoms. The van der Waals surface area contributed by atoms with Gasteiger partial charge in [0.2, 0.25) is 17.7 Å². The number of allylic oxidation sites excluding steroid dienone is 1. The molecular weight excluding hydrogens is 681 g/mol. The highest BCUT2D eigenvalue weighted by Crippen LogP contribution is 2.63. The number of benzene rings is 1. The molecule has 16 nitrogen and oxygen atoms in total. The van der Waals surface area contributed by atoms with Crippen molar-refractivity contribution in [1.82, 2.24) is 31.3 Å². The van der Waals surface area contributed by atoms with E-state index < -0.39 is 66.2 Å². The molecule has 2 aliphatic carbocycles. The Hall–Kier alpha value is -4.78. The van der Waals surface area contributed by atoms with E-state index in [0.29, 0.717) is 36.6 Å². The van der Waals surface area contributed by atoms with E-state index in [4.69, 9.17) is 25.7 Å². The van der Waals surface area contributed by atoms with Crippen LogP contribution in [0.2, 0.25) is 0 Å². The lowest BCUT2D eigenvalue weighted by Gasteiger charge is -2.56. The number of carboxylic acids is 1. The van der Waals surface area contributed by atoms with Gasteiger partial charge in [0, 0.05) is 36.9 Å². The Morgan fingerprint density at radius 1 is 1.18 bits per heavy atom. The second-order valence-corrected chi connectivity index (χ2v) is 13.8. The number of carbonyl (C=O) groups excluding carboxylic acids is 4. The number of hydrogen-bond acceptors (Lipinski definition) is 10. The highest BCUT2D eigenvalue weighted by atomic mass is 31.1. The van der Waals surface area contributed by atoms with Crippen molar-refractivity contribution in [3.8, 4) is 17.6 Å². The van der Waals surface area contributed by atoms with E-state index in [-0.39, 0.29) is 38.9 Å². The summed E-state index contributed by atoms with van der Waals surface area (Å²) in [5.41, 5.74) is 1.85. The van der Waals surface area contributed by atoms with Crippen molar-refractivity contribution in [2.75, 3.05) is 33.8 Å². The normalized spacial score (nSPS) is 23.6. The summed E-state index contributed by atoms with van der Waals surface area (Å²) in [6.07, 6.45) is 8.86. The lowest BCUT2D eigenvalue weighted by Crippen LogP contribution is -2.63. The van der Waals surface area contributed by atoms with E-state index in [1.807, 2.05) is 12.1 Å². The molecule has 2 unspecified atom stereocenters. The molecule has 1 aromatic carbocycles. The molecule has 51 heavy (non-hydrogen) atoms. The van der Waals surface area contributed by atoms with E-state index in [1.165, 1.54) is 12.5 Å². The molecule has 276 valence electrons. The van der Waals surface area contributed by atoms with Gasteiger partial charge in [-0.2, -0.15) is 0 Å².